The van der Waals surface area contributed by atoms with E-state index in [2.05, 4.69) is 18.5 Å². The van der Waals surface area contributed by atoms with Crippen LogP contribution in [0.15, 0.2) is 61.7 Å². The molecule has 156 valence electrons. The van der Waals surface area contributed by atoms with E-state index in [-0.39, 0.29) is 18.5 Å². The Balaban J connectivity index is 1.53. The zero-order valence-corrected chi connectivity index (χ0v) is 17.0. The molecule has 0 spiro atoms. The maximum absolute atomic E-state index is 12.7. The van der Waals surface area contributed by atoms with Crippen LogP contribution in [-0.2, 0) is 4.79 Å². The van der Waals surface area contributed by atoms with Gasteiger partial charge in [-0.05, 0) is 41.8 Å². The Labute approximate surface area is 177 Å². The predicted octanol–water partition coefficient (Wildman–Crippen LogP) is 4.12. The van der Waals surface area contributed by atoms with Gasteiger partial charge in [-0.25, -0.2) is 4.79 Å². The predicted molar refractivity (Wildman–Crippen MR) is 120 cm³/mol. The van der Waals surface area contributed by atoms with Gasteiger partial charge in [0.25, 0.3) is 5.91 Å². The molecule has 3 rings (SSSR count). The second-order valence-electron chi connectivity index (χ2n) is 7.01. The molecular formula is C24H27N3O3. The zero-order valence-electron chi connectivity index (χ0n) is 17.0. The first-order valence-corrected chi connectivity index (χ1v) is 10.0. The molecule has 6 nitrogen and oxygen atoms in total. The van der Waals surface area contributed by atoms with E-state index in [1.54, 1.807) is 22.0 Å². The average molecular weight is 405 g/mol. The van der Waals surface area contributed by atoms with E-state index < -0.39 is 0 Å². The van der Waals surface area contributed by atoms with E-state index in [4.69, 9.17) is 4.74 Å². The fraction of sp³-hybridized carbons (Fsp3) is 0.250. The standard InChI is InChI=1S/C24H27N3O3/c1-3-19-11-12-21(17-20(19)4-2)25-24(29)27-14-8-13-26(15-16-27)23(28)18-30-22-9-6-5-7-10-22/h3-7,9-12,17H,1-2,8,13-16,18H2,(H,25,29). The lowest BCUT2D eigenvalue weighted by atomic mass is 10.1. The van der Waals surface area contributed by atoms with E-state index in [1.807, 2.05) is 48.5 Å². The van der Waals surface area contributed by atoms with E-state index in [9.17, 15) is 9.59 Å². The quantitative estimate of drug-likeness (QED) is 0.786. The first-order valence-electron chi connectivity index (χ1n) is 10.0. The molecule has 1 aliphatic heterocycles. The van der Waals surface area contributed by atoms with E-state index in [0.717, 1.165) is 17.5 Å². The third-order valence-electron chi connectivity index (χ3n) is 5.02. The maximum atomic E-state index is 12.7. The molecule has 0 unspecified atom stereocenters. The number of amides is 3. The highest BCUT2D eigenvalue weighted by atomic mass is 16.5. The molecule has 0 aromatic heterocycles. The van der Waals surface area contributed by atoms with Crippen molar-refractivity contribution >= 4 is 29.8 Å². The number of nitrogens with one attached hydrogen (secondary N) is 1. The van der Waals surface area contributed by atoms with E-state index in [1.165, 1.54) is 0 Å². The molecule has 6 heteroatoms. The van der Waals surface area contributed by atoms with Gasteiger partial charge in [-0.3, -0.25) is 4.79 Å². The van der Waals surface area contributed by atoms with Crippen LogP contribution < -0.4 is 10.1 Å². The Kier molecular flexibility index (Phi) is 7.27. The minimum absolute atomic E-state index is 0.00378. The summed E-state index contributed by atoms with van der Waals surface area (Å²) in [5, 5.41) is 2.93. The van der Waals surface area contributed by atoms with Crippen LogP contribution in [0.5, 0.6) is 5.75 Å². The van der Waals surface area contributed by atoms with Crippen molar-refractivity contribution in [3.63, 3.8) is 0 Å². The summed E-state index contributed by atoms with van der Waals surface area (Å²) in [4.78, 5) is 28.7. The molecule has 2 aromatic carbocycles. The topological polar surface area (TPSA) is 61.9 Å². The fourth-order valence-corrected chi connectivity index (χ4v) is 3.34. The van der Waals surface area contributed by atoms with Gasteiger partial charge >= 0.3 is 6.03 Å². The van der Waals surface area contributed by atoms with Crippen LogP contribution in [0, 0.1) is 0 Å². The van der Waals surface area contributed by atoms with Gasteiger partial charge in [0.2, 0.25) is 0 Å². The molecule has 3 amide bonds. The van der Waals surface area contributed by atoms with Crippen LogP contribution in [-0.4, -0.2) is 54.5 Å². The van der Waals surface area contributed by atoms with Crippen molar-refractivity contribution in [1.82, 2.24) is 9.80 Å². The molecule has 1 heterocycles. The highest BCUT2D eigenvalue weighted by molar-refractivity contribution is 5.90. The van der Waals surface area contributed by atoms with Crippen molar-refractivity contribution in [2.75, 3.05) is 38.1 Å². The molecule has 1 aliphatic rings. The Morgan fingerprint density at radius 3 is 2.37 bits per heavy atom. The number of ether oxygens (including phenoxy) is 1. The highest BCUT2D eigenvalue weighted by Crippen LogP contribution is 2.19. The van der Waals surface area contributed by atoms with Gasteiger partial charge in [0.1, 0.15) is 5.75 Å². The largest absolute Gasteiger partial charge is 0.484 e. The van der Waals surface area contributed by atoms with Crippen LogP contribution in [0.3, 0.4) is 0 Å². The number of benzene rings is 2. The van der Waals surface area contributed by atoms with Gasteiger partial charge < -0.3 is 19.9 Å². The van der Waals surface area contributed by atoms with E-state index >= 15 is 0 Å². The average Bonchev–Trinajstić information content (AvgIpc) is 3.04. The minimum Gasteiger partial charge on any atom is -0.484 e. The Morgan fingerprint density at radius 2 is 1.63 bits per heavy atom. The first-order chi connectivity index (χ1) is 14.6. The van der Waals surface area contributed by atoms with Crippen LogP contribution in [0.1, 0.15) is 17.5 Å². The summed E-state index contributed by atoms with van der Waals surface area (Å²) < 4.78 is 5.56. The fourth-order valence-electron chi connectivity index (χ4n) is 3.34. The van der Waals surface area contributed by atoms with Crippen molar-refractivity contribution in [3.05, 3.63) is 72.8 Å². The number of carbonyl (C=O) groups excluding carboxylic acids is 2. The number of rotatable bonds is 6. The molecular weight excluding hydrogens is 378 g/mol. The first kappa shape index (κ1) is 21.2. The lowest BCUT2D eigenvalue weighted by Gasteiger charge is -2.22. The SMILES string of the molecule is C=Cc1ccc(NC(=O)N2CCCN(C(=O)COc3ccccc3)CC2)cc1C=C. The molecule has 0 bridgehead atoms. The lowest BCUT2D eigenvalue weighted by Crippen LogP contribution is -2.40. The van der Waals surface area contributed by atoms with Gasteiger partial charge in [-0.15, -0.1) is 0 Å². The third kappa shape index (κ3) is 5.50. The monoisotopic (exact) mass is 405 g/mol. The van der Waals surface area contributed by atoms with Crippen molar-refractivity contribution in [1.29, 1.82) is 0 Å². The zero-order chi connectivity index (χ0) is 21.3. The summed E-state index contributed by atoms with van der Waals surface area (Å²) in [6.45, 7) is 9.74. The normalized spacial score (nSPS) is 13.9. The lowest BCUT2D eigenvalue weighted by molar-refractivity contribution is -0.133. The van der Waals surface area contributed by atoms with Gasteiger partial charge in [-0.1, -0.05) is 49.6 Å². The molecule has 1 N–H and O–H groups in total. The van der Waals surface area contributed by atoms with Gasteiger partial charge in [-0.2, -0.15) is 0 Å². The van der Waals surface area contributed by atoms with Gasteiger partial charge in [0.05, 0.1) is 0 Å². The van der Waals surface area contributed by atoms with Crippen molar-refractivity contribution in [3.8, 4) is 5.75 Å². The number of nitrogens with zero attached hydrogens (tertiary/aromatic N) is 2. The molecule has 1 saturated heterocycles. The molecule has 0 aliphatic carbocycles. The Morgan fingerprint density at radius 1 is 0.933 bits per heavy atom. The van der Waals surface area contributed by atoms with Crippen molar-refractivity contribution in [2.24, 2.45) is 0 Å². The van der Waals surface area contributed by atoms with Crippen molar-refractivity contribution in [2.45, 2.75) is 6.42 Å². The van der Waals surface area contributed by atoms with Crippen LogP contribution >= 0.6 is 0 Å². The number of anilines is 1. The number of hydrogen-bond donors (Lipinski definition) is 1. The second-order valence-corrected chi connectivity index (χ2v) is 7.01. The third-order valence-corrected chi connectivity index (χ3v) is 5.02. The molecule has 0 saturated carbocycles. The highest BCUT2D eigenvalue weighted by Gasteiger charge is 2.22. The number of hydrogen-bond acceptors (Lipinski definition) is 3. The minimum atomic E-state index is -0.175. The summed E-state index contributed by atoms with van der Waals surface area (Å²) in [6, 6.07) is 14.7. The second kappa shape index (κ2) is 10.3. The Bertz CT molecular complexity index is 911. The molecule has 0 atom stereocenters. The Hall–Kier alpha value is -3.54. The van der Waals surface area contributed by atoms with E-state index in [0.29, 0.717) is 37.6 Å². The summed E-state index contributed by atoms with van der Waals surface area (Å²) >= 11 is 0. The van der Waals surface area contributed by atoms with Gasteiger partial charge in [0.15, 0.2) is 6.61 Å². The summed E-state index contributed by atoms with van der Waals surface area (Å²) in [5.74, 6) is 0.597. The molecule has 0 radical (unpaired) electrons. The van der Waals surface area contributed by atoms with Crippen LogP contribution in [0.4, 0.5) is 10.5 Å². The molecule has 1 fully saturated rings. The summed E-state index contributed by atoms with van der Waals surface area (Å²) in [5.41, 5.74) is 2.58. The smallest absolute Gasteiger partial charge is 0.321 e. The van der Waals surface area contributed by atoms with Crippen LogP contribution in [0.25, 0.3) is 12.2 Å². The summed E-state index contributed by atoms with van der Waals surface area (Å²) in [7, 11) is 0. The molecule has 30 heavy (non-hydrogen) atoms. The number of para-hydroxylation sites is 1. The number of urea groups is 1. The number of carbonyl (C=O) groups is 2. The van der Waals surface area contributed by atoms with Crippen LogP contribution in [0.2, 0.25) is 0 Å². The maximum Gasteiger partial charge on any atom is 0.321 e. The van der Waals surface area contributed by atoms with Crippen molar-refractivity contribution < 1.29 is 14.3 Å². The van der Waals surface area contributed by atoms with Gasteiger partial charge in [0, 0.05) is 31.9 Å². The summed E-state index contributed by atoms with van der Waals surface area (Å²) in [6.07, 6.45) is 4.21. The molecule has 2 aromatic rings.